The van der Waals surface area contributed by atoms with E-state index >= 15 is 0 Å². The van der Waals surface area contributed by atoms with E-state index in [2.05, 4.69) is 18.4 Å². The number of rotatable bonds is 5. The van der Waals surface area contributed by atoms with Gasteiger partial charge in [0.2, 0.25) is 0 Å². The van der Waals surface area contributed by atoms with E-state index in [4.69, 9.17) is 9.47 Å². The lowest BCUT2D eigenvalue weighted by molar-refractivity contribution is -0.133. The summed E-state index contributed by atoms with van der Waals surface area (Å²) in [6.45, 7) is 4.74. The van der Waals surface area contributed by atoms with E-state index in [0.717, 1.165) is 24.5 Å². The number of aryl methyl sites for hydroxylation is 1. The predicted molar refractivity (Wildman–Crippen MR) is 119 cm³/mol. The minimum atomic E-state index is -1.51. The quantitative estimate of drug-likeness (QED) is 0.201. The first-order valence-electron chi connectivity index (χ1n) is 10.7. The van der Waals surface area contributed by atoms with E-state index < -0.39 is 23.3 Å². The third-order valence-electron chi connectivity index (χ3n) is 5.57. The molecule has 1 aliphatic rings. The maximum absolute atomic E-state index is 14.5. The van der Waals surface area contributed by atoms with Gasteiger partial charge in [0.25, 0.3) is 0 Å². The second kappa shape index (κ2) is 10.2. The molecule has 33 heavy (non-hydrogen) atoms. The maximum Gasteiger partial charge on any atom is 0.195 e. The van der Waals surface area contributed by atoms with Gasteiger partial charge in [0, 0.05) is 10.9 Å². The summed E-state index contributed by atoms with van der Waals surface area (Å²) in [5.74, 6) is 1.06. The summed E-state index contributed by atoms with van der Waals surface area (Å²) >= 11 is 0. The molecule has 0 bridgehead atoms. The molecule has 0 amide bonds. The van der Waals surface area contributed by atoms with Crippen LogP contribution in [0.5, 0.6) is 0 Å². The molecule has 6 heteroatoms. The van der Waals surface area contributed by atoms with Crippen molar-refractivity contribution in [1.29, 1.82) is 0 Å². The third-order valence-corrected chi connectivity index (χ3v) is 5.57. The number of ether oxygens (including phenoxy) is 2. The maximum atomic E-state index is 14.5. The van der Waals surface area contributed by atoms with E-state index in [1.807, 2.05) is 12.1 Å². The van der Waals surface area contributed by atoms with Gasteiger partial charge >= 0.3 is 0 Å². The lowest BCUT2D eigenvalue weighted by atomic mass is 10.0. The molecule has 3 aromatic rings. The molecule has 1 aliphatic heterocycles. The van der Waals surface area contributed by atoms with Gasteiger partial charge in [-0.2, -0.15) is 0 Å². The molecule has 1 fully saturated rings. The highest BCUT2D eigenvalue weighted by atomic mass is 19.2. The molecule has 170 valence electrons. The summed E-state index contributed by atoms with van der Waals surface area (Å²) in [6.07, 6.45) is 3.95. The SMILES string of the molecule is C=CCC1COC(CCc2ccc(C#Cc3ccc4c(F)c(F)c(F)cc4c3)c(F)c2)CO1. The van der Waals surface area contributed by atoms with Crippen molar-refractivity contribution in [2.45, 2.75) is 31.5 Å². The zero-order chi connectivity index (χ0) is 23.4. The number of hydrogen-bond acceptors (Lipinski definition) is 2. The van der Waals surface area contributed by atoms with Crippen LogP contribution in [0.3, 0.4) is 0 Å². The molecule has 0 aromatic heterocycles. The summed E-state index contributed by atoms with van der Waals surface area (Å²) in [5.41, 5.74) is 1.47. The van der Waals surface area contributed by atoms with Gasteiger partial charge in [0.1, 0.15) is 5.82 Å². The van der Waals surface area contributed by atoms with E-state index in [-0.39, 0.29) is 28.5 Å². The number of hydrogen-bond donors (Lipinski definition) is 0. The van der Waals surface area contributed by atoms with Crippen LogP contribution in [-0.4, -0.2) is 25.4 Å². The molecule has 0 spiro atoms. The molecule has 1 heterocycles. The van der Waals surface area contributed by atoms with Crippen LogP contribution in [0.25, 0.3) is 10.8 Å². The fraction of sp³-hybridized carbons (Fsp3) is 0.259. The second-order valence-electron chi connectivity index (χ2n) is 7.96. The summed E-state index contributed by atoms with van der Waals surface area (Å²) < 4.78 is 66.8. The van der Waals surface area contributed by atoms with Gasteiger partial charge in [-0.15, -0.1) is 6.58 Å². The first kappa shape index (κ1) is 23.0. The Bertz CT molecular complexity index is 1230. The van der Waals surface area contributed by atoms with E-state index in [0.29, 0.717) is 25.2 Å². The predicted octanol–water partition coefficient (Wildman–Crippen LogP) is 6.09. The normalized spacial score (nSPS) is 18.1. The number of fused-ring (bicyclic) bond motifs is 1. The molecule has 2 unspecified atom stereocenters. The topological polar surface area (TPSA) is 18.5 Å². The minimum Gasteiger partial charge on any atom is -0.373 e. The standard InChI is InChI=1S/C27H22F4O2/c1-2-3-21-15-33-22(16-32-21)10-6-18-5-9-19(24(28)13-18)8-4-17-7-11-23-20(12-17)14-25(29)27(31)26(23)30/h2,5,7,9,11-14,21-22H,1,3,6,10,15-16H2. The third kappa shape index (κ3) is 5.44. The Balaban J connectivity index is 1.41. The lowest BCUT2D eigenvalue weighted by Crippen LogP contribution is -2.35. The van der Waals surface area contributed by atoms with Crippen molar-refractivity contribution in [1.82, 2.24) is 0 Å². The largest absolute Gasteiger partial charge is 0.373 e. The molecular weight excluding hydrogens is 432 g/mol. The Morgan fingerprint density at radius 2 is 1.67 bits per heavy atom. The van der Waals surface area contributed by atoms with Crippen molar-refractivity contribution in [3.63, 3.8) is 0 Å². The van der Waals surface area contributed by atoms with Gasteiger partial charge in [-0.05, 0) is 60.5 Å². The molecule has 3 aromatic carbocycles. The number of benzene rings is 3. The fourth-order valence-corrected chi connectivity index (χ4v) is 3.74. The van der Waals surface area contributed by atoms with E-state index in [1.165, 1.54) is 24.3 Å². The van der Waals surface area contributed by atoms with Gasteiger partial charge < -0.3 is 9.47 Å². The Labute approximate surface area is 189 Å². The fourth-order valence-electron chi connectivity index (χ4n) is 3.74. The second-order valence-corrected chi connectivity index (χ2v) is 7.96. The molecule has 4 rings (SSSR count). The Morgan fingerprint density at radius 1 is 0.879 bits per heavy atom. The molecule has 0 radical (unpaired) electrons. The zero-order valence-corrected chi connectivity index (χ0v) is 17.8. The lowest BCUT2D eigenvalue weighted by Gasteiger charge is -2.29. The molecule has 0 saturated carbocycles. The van der Waals surface area contributed by atoms with Gasteiger partial charge in [-0.3, -0.25) is 0 Å². The average molecular weight is 454 g/mol. The molecule has 2 nitrogen and oxygen atoms in total. The van der Waals surface area contributed by atoms with Crippen LogP contribution in [-0.2, 0) is 15.9 Å². The van der Waals surface area contributed by atoms with Crippen LogP contribution in [0.2, 0.25) is 0 Å². The van der Waals surface area contributed by atoms with Crippen molar-refractivity contribution in [3.8, 4) is 11.8 Å². The highest BCUT2D eigenvalue weighted by molar-refractivity contribution is 5.84. The van der Waals surface area contributed by atoms with Crippen molar-refractivity contribution in [2.75, 3.05) is 13.2 Å². The van der Waals surface area contributed by atoms with Crippen LogP contribution in [0, 0.1) is 35.1 Å². The highest BCUT2D eigenvalue weighted by Gasteiger charge is 2.21. The van der Waals surface area contributed by atoms with Gasteiger partial charge in [0.15, 0.2) is 17.5 Å². The molecule has 1 saturated heterocycles. The van der Waals surface area contributed by atoms with Crippen LogP contribution in [0.15, 0.2) is 55.1 Å². The summed E-state index contributed by atoms with van der Waals surface area (Å²) in [7, 11) is 0. The summed E-state index contributed by atoms with van der Waals surface area (Å²) in [5, 5.41) is 0.136. The molecular formula is C27H22F4O2. The Kier molecular flexibility index (Phi) is 7.12. The van der Waals surface area contributed by atoms with Crippen LogP contribution in [0.4, 0.5) is 17.6 Å². The highest BCUT2D eigenvalue weighted by Crippen LogP contribution is 2.24. The monoisotopic (exact) mass is 454 g/mol. The van der Waals surface area contributed by atoms with E-state index in [9.17, 15) is 17.6 Å². The molecule has 0 N–H and O–H groups in total. The smallest absolute Gasteiger partial charge is 0.195 e. The van der Waals surface area contributed by atoms with Crippen LogP contribution in [0.1, 0.15) is 29.5 Å². The average Bonchev–Trinajstić information content (AvgIpc) is 2.81. The van der Waals surface area contributed by atoms with Crippen molar-refractivity contribution in [2.24, 2.45) is 0 Å². The Hall–Kier alpha value is -3.14. The van der Waals surface area contributed by atoms with E-state index in [1.54, 1.807) is 6.07 Å². The number of halogens is 4. The first-order chi connectivity index (χ1) is 15.9. The van der Waals surface area contributed by atoms with Crippen molar-refractivity contribution < 1.29 is 27.0 Å². The summed E-state index contributed by atoms with van der Waals surface area (Å²) in [4.78, 5) is 0. The van der Waals surface area contributed by atoms with Crippen molar-refractivity contribution in [3.05, 3.63) is 95.1 Å². The Morgan fingerprint density at radius 3 is 2.39 bits per heavy atom. The van der Waals surface area contributed by atoms with Gasteiger partial charge in [-0.25, -0.2) is 17.6 Å². The van der Waals surface area contributed by atoms with Crippen molar-refractivity contribution >= 4 is 10.8 Å². The minimum absolute atomic E-state index is 0.0235. The summed E-state index contributed by atoms with van der Waals surface area (Å²) in [6, 6.07) is 10.0. The van der Waals surface area contributed by atoms with Crippen LogP contribution < -0.4 is 0 Å². The van der Waals surface area contributed by atoms with Gasteiger partial charge in [0.05, 0.1) is 31.0 Å². The molecule has 0 aliphatic carbocycles. The zero-order valence-electron chi connectivity index (χ0n) is 17.8. The van der Waals surface area contributed by atoms with Crippen LogP contribution >= 0.6 is 0 Å². The molecule has 2 atom stereocenters. The van der Waals surface area contributed by atoms with Gasteiger partial charge in [-0.1, -0.05) is 30.0 Å². The first-order valence-corrected chi connectivity index (χ1v) is 10.7.